The number of benzene rings is 2. The van der Waals surface area contributed by atoms with E-state index in [9.17, 15) is 0 Å². The van der Waals surface area contributed by atoms with E-state index in [-0.39, 0.29) is 6.10 Å². The van der Waals surface area contributed by atoms with Crippen LogP contribution in [0.2, 0.25) is 10.0 Å². The van der Waals surface area contributed by atoms with E-state index >= 15 is 0 Å². The Bertz CT molecular complexity index is 932. The Morgan fingerprint density at radius 1 is 1.15 bits per heavy atom. The molecule has 0 aliphatic rings. The zero-order valence-electron chi connectivity index (χ0n) is 15.2. The number of nitrogens with zero attached hydrogens (tertiary/aromatic N) is 2. The summed E-state index contributed by atoms with van der Waals surface area (Å²) < 4.78 is 5.63. The van der Waals surface area contributed by atoms with Crippen molar-refractivity contribution in [3.8, 4) is 17.0 Å². The molecule has 3 rings (SSSR count). The zero-order chi connectivity index (χ0) is 19.4. The first-order valence-electron chi connectivity index (χ1n) is 8.41. The third kappa shape index (κ3) is 5.01. The maximum absolute atomic E-state index is 6.26. The van der Waals surface area contributed by atoms with Gasteiger partial charge in [-0.2, -0.15) is 5.10 Å². The lowest BCUT2D eigenvalue weighted by Gasteiger charge is -2.13. The minimum absolute atomic E-state index is 0.00635. The highest BCUT2D eigenvalue weighted by molar-refractivity contribution is 7.15. The Hall–Kier alpha value is -2.08. The van der Waals surface area contributed by atoms with Crippen molar-refractivity contribution < 1.29 is 4.74 Å². The lowest BCUT2D eigenvalue weighted by Crippen LogP contribution is -2.06. The molecule has 1 aromatic heterocycles. The summed E-state index contributed by atoms with van der Waals surface area (Å²) in [5, 5.41) is 5.88. The van der Waals surface area contributed by atoms with Gasteiger partial charge in [0.1, 0.15) is 0 Å². The molecule has 0 spiro atoms. The lowest BCUT2D eigenvalue weighted by molar-refractivity contribution is 0.243. The van der Waals surface area contributed by atoms with Gasteiger partial charge in [0.2, 0.25) is 5.13 Å². The van der Waals surface area contributed by atoms with Crippen LogP contribution in [-0.4, -0.2) is 17.3 Å². The molecule has 0 radical (unpaired) electrons. The van der Waals surface area contributed by atoms with Crippen LogP contribution in [0, 0.1) is 6.92 Å². The summed E-state index contributed by atoms with van der Waals surface area (Å²) >= 11 is 14.1. The van der Waals surface area contributed by atoms with Crippen molar-refractivity contribution in [1.82, 2.24) is 4.98 Å². The Balaban J connectivity index is 1.73. The number of halogens is 2. The van der Waals surface area contributed by atoms with Gasteiger partial charge in [0.15, 0.2) is 5.75 Å². The number of aromatic nitrogens is 1. The molecule has 4 nitrogen and oxygen atoms in total. The summed E-state index contributed by atoms with van der Waals surface area (Å²) in [6.07, 6.45) is 1.64. The summed E-state index contributed by atoms with van der Waals surface area (Å²) in [4.78, 5) is 5.74. The van der Waals surface area contributed by atoms with Crippen LogP contribution in [0.15, 0.2) is 47.6 Å². The van der Waals surface area contributed by atoms with Crippen LogP contribution in [0.5, 0.6) is 5.75 Å². The van der Waals surface area contributed by atoms with E-state index in [1.807, 2.05) is 51.1 Å². The quantitative estimate of drug-likeness (QED) is 0.358. The van der Waals surface area contributed by atoms with Crippen molar-refractivity contribution in [2.24, 2.45) is 5.10 Å². The third-order valence-electron chi connectivity index (χ3n) is 3.59. The van der Waals surface area contributed by atoms with Crippen molar-refractivity contribution >= 4 is 45.9 Å². The fraction of sp³-hybridized carbons (Fsp3) is 0.200. The summed E-state index contributed by atoms with van der Waals surface area (Å²) in [6, 6.07) is 13.6. The molecule has 0 fully saturated rings. The molecule has 0 aliphatic heterocycles. The third-order valence-corrected chi connectivity index (χ3v) is 5.03. The first kappa shape index (κ1) is 19.7. The number of hydrogen-bond donors (Lipinski definition) is 1. The highest BCUT2D eigenvalue weighted by Gasteiger charge is 2.11. The molecule has 1 heterocycles. The van der Waals surface area contributed by atoms with Crippen LogP contribution < -0.4 is 10.2 Å². The topological polar surface area (TPSA) is 46.5 Å². The number of nitrogens with one attached hydrogen (secondary N) is 1. The van der Waals surface area contributed by atoms with Crippen LogP contribution in [0.4, 0.5) is 5.13 Å². The minimum atomic E-state index is -0.00635. The van der Waals surface area contributed by atoms with Gasteiger partial charge in [0, 0.05) is 10.4 Å². The average Bonchev–Trinajstić information content (AvgIpc) is 2.99. The Kier molecular flexibility index (Phi) is 6.37. The fourth-order valence-electron chi connectivity index (χ4n) is 2.47. The highest BCUT2D eigenvalue weighted by Crippen LogP contribution is 2.34. The van der Waals surface area contributed by atoms with Crippen LogP contribution in [0.3, 0.4) is 0 Å². The van der Waals surface area contributed by atoms with E-state index in [0.717, 1.165) is 26.8 Å². The van der Waals surface area contributed by atoms with E-state index in [1.165, 1.54) is 0 Å². The van der Waals surface area contributed by atoms with Crippen LogP contribution in [0.1, 0.15) is 24.3 Å². The average molecular weight is 420 g/mol. The maximum Gasteiger partial charge on any atom is 0.204 e. The monoisotopic (exact) mass is 419 g/mol. The van der Waals surface area contributed by atoms with E-state index in [1.54, 1.807) is 29.7 Å². The van der Waals surface area contributed by atoms with E-state index in [4.69, 9.17) is 27.9 Å². The molecule has 0 aliphatic carbocycles. The van der Waals surface area contributed by atoms with Crippen molar-refractivity contribution in [2.75, 3.05) is 5.43 Å². The second-order valence-corrected chi connectivity index (χ2v) is 8.16. The largest absolute Gasteiger partial charge is 0.488 e. The van der Waals surface area contributed by atoms with Crippen LogP contribution in [-0.2, 0) is 0 Å². The summed E-state index contributed by atoms with van der Waals surface area (Å²) in [5.41, 5.74) is 5.78. The molecular weight excluding hydrogens is 401 g/mol. The molecule has 140 valence electrons. The number of aryl methyl sites for hydroxylation is 1. The summed E-state index contributed by atoms with van der Waals surface area (Å²) in [6.45, 7) is 5.89. The molecule has 2 aromatic carbocycles. The number of hydrogen-bond acceptors (Lipinski definition) is 5. The molecular formula is C20H19Cl2N3OS. The predicted octanol–water partition coefficient (Wildman–Crippen LogP) is 6.66. The SMILES string of the molecule is Cc1sc(N/N=C\c2cc(Cl)c(OC(C)C)c(Cl)c2)nc1-c1ccccc1. The van der Waals surface area contributed by atoms with Crippen LogP contribution >= 0.6 is 34.5 Å². The highest BCUT2D eigenvalue weighted by atomic mass is 35.5. The smallest absolute Gasteiger partial charge is 0.204 e. The van der Waals surface area contributed by atoms with Gasteiger partial charge >= 0.3 is 0 Å². The Morgan fingerprint density at radius 3 is 2.44 bits per heavy atom. The number of thiazole rings is 1. The molecule has 27 heavy (non-hydrogen) atoms. The van der Waals surface area contributed by atoms with Gasteiger partial charge in [-0.3, -0.25) is 5.43 Å². The van der Waals surface area contributed by atoms with Gasteiger partial charge < -0.3 is 4.74 Å². The number of rotatable bonds is 6. The number of hydrazone groups is 1. The predicted molar refractivity (Wildman–Crippen MR) is 116 cm³/mol. The second-order valence-electron chi connectivity index (χ2n) is 6.14. The van der Waals surface area contributed by atoms with Gasteiger partial charge in [-0.05, 0) is 38.5 Å². The first-order valence-corrected chi connectivity index (χ1v) is 9.99. The van der Waals surface area contributed by atoms with Crippen molar-refractivity contribution in [3.05, 3.63) is 63.0 Å². The Morgan fingerprint density at radius 2 is 1.81 bits per heavy atom. The standard InChI is InChI=1S/C20H19Cl2N3OS/c1-12(2)26-19-16(21)9-14(10-17(19)22)11-23-25-20-24-18(13(3)27-20)15-7-5-4-6-8-15/h4-12H,1-3H3,(H,24,25)/b23-11-. The molecule has 0 bridgehead atoms. The van der Waals surface area contributed by atoms with Crippen molar-refractivity contribution in [3.63, 3.8) is 0 Å². The molecule has 0 saturated carbocycles. The van der Waals surface area contributed by atoms with Crippen LogP contribution in [0.25, 0.3) is 11.3 Å². The van der Waals surface area contributed by atoms with Crippen molar-refractivity contribution in [2.45, 2.75) is 26.9 Å². The fourth-order valence-corrected chi connectivity index (χ4v) is 3.85. The zero-order valence-corrected chi connectivity index (χ0v) is 17.5. The summed E-state index contributed by atoms with van der Waals surface area (Å²) in [5.74, 6) is 0.487. The normalized spacial score (nSPS) is 11.3. The van der Waals surface area contributed by atoms with E-state index in [2.05, 4.69) is 15.5 Å². The van der Waals surface area contributed by atoms with E-state index in [0.29, 0.717) is 15.8 Å². The van der Waals surface area contributed by atoms with Gasteiger partial charge in [-0.15, -0.1) is 11.3 Å². The number of ether oxygens (including phenoxy) is 1. The summed E-state index contributed by atoms with van der Waals surface area (Å²) in [7, 11) is 0. The molecule has 0 saturated heterocycles. The molecule has 0 atom stereocenters. The van der Waals surface area contributed by atoms with Gasteiger partial charge in [0.05, 0.1) is 28.1 Å². The second kappa shape index (κ2) is 8.74. The Labute approximate surface area is 172 Å². The van der Waals surface area contributed by atoms with Gasteiger partial charge in [-0.1, -0.05) is 53.5 Å². The molecule has 0 amide bonds. The van der Waals surface area contributed by atoms with E-state index < -0.39 is 0 Å². The minimum Gasteiger partial charge on any atom is -0.488 e. The molecule has 3 aromatic rings. The molecule has 0 unspecified atom stereocenters. The molecule has 1 N–H and O–H groups in total. The number of anilines is 1. The van der Waals surface area contributed by atoms with Gasteiger partial charge in [-0.25, -0.2) is 4.98 Å². The van der Waals surface area contributed by atoms with Crippen molar-refractivity contribution in [1.29, 1.82) is 0 Å². The first-order chi connectivity index (χ1) is 12.9. The maximum atomic E-state index is 6.26. The van der Waals surface area contributed by atoms with Gasteiger partial charge in [0.25, 0.3) is 0 Å². The molecule has 7 heteroatoms. The lowest BCUT2D eigenvalue weighted by atomic mass is 10.1.